The van der Waals surface area contributed by atoms with Crippen LogP contribution in [0.3, 0.4) is 0 Å². The van der Waals surface area contributed by atoms with Crippen molar-refractivity contribution in [2.45, 2.75) is 45.4 Å². The molecule has 0 aliphatic carbocycles. The number of thiazole rings is 1. The zero-order chi connectivity index (χ0) is 15.4. The molecule has 1 aromatic rings. The summed E-state index contributed by atoms with van der Waals surface area (Å²) in [6.45, 7) is 8.82. The van der Waals surface area contributed by atoms with Crippen molar-refractivity contribution in [3.05, 3.63) is 16.1 Å². The number of aromatic nitrogens is 1. The van der Waals surface area contributed by atoms with Crippen molar-refractivity contribution in [2.75, 3.05) is 26.7 Å². The average Bonchev–Trinajstić information content (AvgIpc) is 2.97. The minimum absolute atomic E-state index is 0.0521. The number of carbonyl (C=O) groups excluding carboxylic acids is 1. The number of amides is 1. The second-order valence-corrected chi connectivity index (χ2v) is 7.24. The van der Waals surface area contributed by atoms with Crippen LogP contribution in [0.15, 0.2) is 5.38 Å². The molecule has 1 saturated heterocycles. The van der Waals surface area contributed by atoms with Gasteiger partial charge in [-0.05, 0) is 25.8 Å². The van der Waals surface area contributed by atoms with Crippen molar-refractivity contribution in [2.24, 2.45) is 5.92 Å². The van der Waals surface area contributed by atoms with Crippen LogP contribution in [0.25, 0.3) is 0 Å². The summed E-state index contributed by atoms with van der Waals surface area (Å²) in [6.07, 6.45) is 2.23. The summed E-state index contributed by atoms with van der Waals surface area (Å²) in [5, 5.41) is 6.47. The second kappa shape index (κ2) is 7.36. The van der Waals surface area contributed by atoms with E-state index in [1.54, 1.807) is 11.3 Å². The lowest BCUT2D eigenvalue weighted by Crippen LogP contribution is -2.43. The number of nitrogens with zero attached hydrogens (tertiary/aromatic N) is 2. The maximum absolute atomic E-state index is 12.4. The first kappa shape index (κ1) is 16.4. The maximum Gasteiger partial charge on any atom is 0.226 e. The first-order valence-corrected chi connectivity index (χ1v) is 8.79. The zero-order valence-electron chi connectivity index (χ0n) is 13.6. The number of carbonyl (C=O) groups is 1. The molecule has 0 aromatic carbocycles. The van der Waals surface area contributed by atoms with Crippen molar-refractivity contribution in [1.29, 1.82) is 0 Å². The molecule has 0 saturated carbocycles. The lowest BCUT2D eigenvalue weighted by Gasteiger charge is -2.33. The molecule has 1 amide bonds. The van der Waals surface area contributed by atoms with Crippen LogP contribution in [0.1, 0.15) is 56.2 Å². The van der Waals surface area contributed by atoms with E-state index >= 15 is 0 Å². The van der Waals surface area contributed by atoms with E-state index in [4.69, 9.17) is 4.98 Å². The Morgan fingerprint density at radius 3 is 2.90 bits per heavy atom. The van der Waals surface area contributed by atoms with Crippen LogP contribution >= 0.6 is 11.3 Å². The molecular weight excluding hydrogens is 282 g/mol. The Morgan fingerprint density at radius 1 is 1.52 bits per heavy atom. The van der Waals surface area contributed by atoms with Gasteiger partial charge in [0.1, 0.15) is 0 Å². The Balaban J connectivity index is 2.01. The van der Waals surface area contributed by atoms with Gasteiger partial charge in [-0.3, -0.25) is 4.79 Å². The van der Waals surface area contributed by atoms with E-state index in [-0.39, 0.29) is 11.8 Å². The summed E-state index contributed by atoms with van der Waals surface area (Å²) in [6, 6.07) is 0. The monoisotopic (exact) mass is 309 g/mol. The molecule has 0 radical (unpaired) electrons. The van der Waals surface area contributed by atoms with Gasteiger partial charge in [0.25, 0.3) is 0 Å². The molecule has 1 aliphatic heterocycles. The molecule has 5 heteroatoms. The lowest BCUT2D eigenvalue weighted by molar-refractivity contribution is -0.136. The fraction of sp³-hybridized carbons (Fsp3) is 0.750. The van der Waals surface area contributed by atoms with Crippen LogP contribution < -0.4 is 5.32 Å². The van der Waals surface area contributed by atoms with Gasteiger partial charge >= 0.3 is 0 Å². The van der Waals surface area contributed by atoms with Gasteiger partial charge in [-0.2, -0.15) is 0 Å². The van der Waals surface area contributed by atoms with Gasteiger partial charge in [-0.15, -0.1) is 11.3 Å². The fourth-order valence-corrected chi connectivity index (χ4v) is 3.95. The van der Waals surface area contributed by atoms with Gasteiger partial charge < -0.3 is 10.2 Å². The smallest absolute Gasteiger partial charge is 0.226 e. The van der Waals surface area contributed by atoms with Gasteiger partial charge in [0.05, 0.1) is 10.7 Å². The molecule has 118 valence electrons. The van der Waals surface area contributed by atoms with E-state index in [1.807, 2.05) is 18.9 Å². The van der Waals surface area contributed by atoms with Crippen LogP contribution in [0.2, 0.25) is 0 Å². The first-order valence-electron chi connectivity index (χ1n) is 7.91. The summed E-state index contributed by atoms with van der Waals surface area (Å²) < 4.78 is 0. The lowest BCUT2D eigenvalue weighted by atomic mass is 9.97. The van der Waals surface area contributed by atoms with Crippen molar-refractivity contribution < 1.29 is 4.79 Å². The summed E-state index contributed by atoms with van der Waals surface area (Å²) in [5.74, 6) is 1.22. The Bertz CT molecular complexity index is 472. The highest BCUT2D eigenvalue weighted by Crippen LogP contribution is 2.31. The van der Waals surface area contributed by atoms with Crippen LogP contribution in [0, 0.1) is 5.92 Å². The van der Waals surface area contributed by atoms with E-state index in [9.17, 15) is 4.79 Å². The zero-order valence-corrected chi connectivity index (χ0v) is 14.4. The predicted molar refractivity (Wildman–Crippen MR) is 87.8 cm³/mol. The largest absolute Gasteiger partial charge is 0.342 e. The average molecular weight is 309 g/mol. The highest BCUT2D eigenvalue weighted by atomic mass is 32.1. The Labute approximate surface area is 132 Å². The SMILES string of the molecule is CNCC(C)C(=O)N1CCCC(c2nc(C(C)C)cs2)C1. The molecule has 2 rings (SSSR count). The highest BCUT2D eigenvalue weighted by Gasteiger charge is 2.28. The number of hydrogen-bond acceptors (Lipinski definition) is 4. The van der Waals surface area contributed by atoms with Crippen molar-refractivity contribution in [1.82, 2.24) is 15.2 Å². The van der Waals surface area contributed by atoms with E-state index in [1.165, 1.54) is 10.7 Å². The number of nitrogens with one attached hydrogen (secondary N) is 1. The standard InChI is InChI=1S/C16H27N3OS/c1-11(2)14-10-21-15(18-14)13-6-5-7-19(9-13)16(20)12(3)8-17-4/h10-13,17H,5-9H2,1-4H3. The van der Waals surface area contributed by atoms with E-state index < -0.39 is 0 Å². The number of piperidine rings is 1. The van der Waals surface area contributed by atoms with Gasteiger partial charge in [0.2, 0.25) is 5.91 Å². The minimum Gasteiger partial charge on any atom is -0.342 e. The maximum atomic E-state index is 12.4. The van der Waals surface area contributed by atoms with Gasteiger partial charge in [0.15, 0.2) is 0 Å². The third kappa shape index (κ3) is 4.04. The predicted octanol–water partition coefficient (Wildman–Crippen LogP) is 2.83. The van der Waals surface area contributed by atoms with Gasteiger partial charge in [0, 0.05) is 36.9 Å². The quantitative estimate of drug-likeness (QED) is 0.909. The van der Waals surface area contributed by atoms with Gasteiger partial charge in [-0.1, -0.05) is 20.8 Å². The molecule has 0 bridgehead atoms. The van der Waals surface area contributed by atoms with Crippen LogP contribution in [0.5, 0.6) is 0 Å². The first-order chi connectivity index (χ1) is 10.0. The van der Waals surface area contributed by atoms with Crippen LogP contribution in [-0.4, -0.2) is 42.5 Å². The second-order valence-electron chi connectivity index (χ2n) is 6.35. The summed E-state index contributed by atoms with van der Waals surface area (Å²) in [5.41, 5.74) is 1.18. The molecule has 1 fully saturated rings. The van der Waals surface area contributed by atoms with Crippen molar-refractivity contribution in [3.63, 3.8) is 0 Å². The minimum atomic E-state index is 0.0521. The van der Waals surface area contributed by atoms with E-state index in [2.05, 4.69) is 24.5 Å². The molecule has 1 aromatic heterocycles. The highest BCUT2D eigenvalue weighted by molar-refractivity contribution is 7.09. The summed E-state index contributed by atoms with van der Waals surface area (Å²) in [7, 11) is 1.89. The van der Waals surface area contributed by atoms with Crippen LogP contribution in [0.4, 0.5) is 0 Å². The van der Waals surface area contributed by atoms with Crippen molar-refractivity contribution >= 4 is 17.2 Å². The normalized spacial score (nSPS) is 20.8. The number of likely N-dealkylation sites (tertiary alicyclic amines) is 1. The third-order valence-corrected chi connectivity index (χ3v) is 5.17. The molecule has 0 spiro atoms. The Morgan fingerprint density at radius 2 is 2.29 bits per heavy atom. The third-order valence-electron chi connectivity index (χ3n) is 4.15. The molecule has 4 nitrogen and oxygen atoms in total. The summed E-state index contributed by atoms with van der Waals surface area (Å²) >= 11 is 1.76. The Hall–Kier alpha value is -0.940. The van der Waals surface area contributed by atoms with E-state index in [0.717, 1.165) is 32.5 Å². The molecule has 2 atom stereocenters. The molecule has 2 heterocycles. The number of rotatable bonds is 5. The summed E-state index contributed by atoms with van der Waals surface area (Å²) in [4.78, 5) is 19.3. The molecule has 2 unspecified atom stereocenters. The van der Waals surface area contributed by atoms with Gasteiger partial charge in [-0.25, -0.2) is 4.98 Å². The Kier molecular flexibility index (Phi) is 5.76. The molecular formula is C16H27N3OS. The molecule has 1 aliphatic rings. The fourth-order valence-electron chi connectivity index (χ4n) is 2.84. The number of hydrogen-bond donors (Lipinski definition) is 1. The molecule has 1 N–H and O–H groups in total. The van der Waals surface area contributed by atoms with Crippen molar-refractivity contribution in [3.8, 4) is 0 Å². The van der Waals surface area contributed by atoms with Crippen LogP contribution in [-0.2, 0) is 4.79 Å². The topological polar surface area (TPSA) is 45.2 Å². The molecule has 21 heavy (non-hydrogen) atoms. The van der Waals surface area contributed by atoms with E-state index in [0.29, 0.717) is 11.8 Å².